The van der Waals surface area contributed by atoms with E-state index in [0.29, 0.717) is 0 Å². The normalized spacial score (nSPS) is 24.8. The summed E-state index contributed by atoms with van der Waals surface area (Å²) in [6.07, 6.45) is -2.92. The fourth-order valence-corrected chi connectivity index (χ4v) is 1.22. The molecular weight excluding hydrogens is 206 g/mol. The third kappa shape index (κ3) is 1.39. The summed E-state index contributed by atoms with van der Waals surface area (Å²) in [7, 11) is 0. The van der Waals surface area contributed by atoms with Gasteiger partial charge in [-0.1, -0.05) is 11.6 Å². The zero-order valence-corrected chi connectivity index (χ0v) is 6.90. The zero-order valence-electron chi connectivity index (χ0n) is 6.14. The summed E-state index contributed by atoms with van der Waals surface area (Å²) in [5, 5.41) is -0.125. The van der Waals surface area contributed by atoms with Crippen LogP contribution in [0.4, 0.5) is 8.78 Å². The average molecular weight is 209 g/mol. The molecule has 0 bridgehead atoms. The van der Waals surface area contributed by atoms with Gasteiger partial charge in [0.15, 0.2) is 17.3 Å². The summed E-state index contributed by atoms with van der Waals surface area (Å²) in [6, 6.07) is 0. The molecule has 0 spiro atoms. The maximum Gasteiger partial charge on any atom is 0.585 e. The second kappa shape index (κ2) is 2.45. The standard InChI is InChI=1S/C7H3ClF2O3/c8-3-1-5-6(2-4(3)11)13-7(9,10)12-5/h1H,2H2. The Labute approximate surface area is 76.6 Å². The summed E-state index contributed by atoms with van der Waals surface area (Å²) in [4.78, 5) is 10.9. The van der Waals surface area contributed by atoms with Gasteiger partial charge < -0.3 is 9.47 Å². The van der Waals surface area contributed by atoms with Crippen LogP contribution in [0.15, 0.2) is 22.6 Å². The van der Waals surface area contributed by atoms with Gasteiger partial charge in [0.25, 0.3) is 0 Å². The molecular formula is C7H3ClF2O3. The molecule has 0 saturated carbocycles. The second-order valence-corrected chi connectivity index (χ2v) is 2.95. The molecule has 0 amide bonds. The number of alkyl halides is 2. The van der Waals surface area contributed by atoms with Gasteiger partial charge in [0.2, 0.25) is 0 Å². The Kier molecular flexibility index (Phi) is 1.60. The first-order chi connectivity index (χ1) is 5.98. The number of ether oxygens (including phenoxy) is 2. The minimum absolute atomic E-state index is 0.125. The molecule has 3 nitrogen and oxygen atoms in total. The fraction of sp³-hybridized carbons (Fsp3) is 0.286. The van der Waals surface area contributed by atoms with E-state index in [4.69, 9.17) is 11.6 Å². The van der Waals surface area contributed by atoms with Crippen molar-refractivity contribution in [3.05, 3.63) is 22.6 Å². The Morgan fingerprint density at radius 1 is 1.46 bits per heavy atom. The van der Waals surface area contributed by atoms with Crippen molar-refractivity contribution in [2.24, 2.45) is 0 Å². The summed E-state index contributed by atoms with van der Waals surface area (Å²) < 4.78 is 33.0. The van der Waals surface area contributed by atoms with Gasteiger partial charge in [-0.05, 0) is 0 Å². The summed E-state index contributed by atoms with van der Waals surface area (Å²) in [6.45, 7) is 0. The van der Waals surface area contributed by atoms with E-state index < -0.39 is 12.1 Å². The van der Waals surface area contributed by atoms with Crippen LogP contribution in [0.3, 0.4) is 0 Å². The van der Waals surface area contributed by atoms with Crippen molar-refractivity contribution >= 4 is 17.4 Å². The zero-order chi connectivity index (χ0) is 9.64. The molecule has 0 aromatic rings. The molecule has 6 heteroatoms. The van der Waals surface area contributed by atoms with Crippen LogP contribution in [0.2, 0.25) is 0 Å². The van der Waals surface area contributed by atoms with Crippen LogP contribution in [-0.2, 0) is 14.3 Å². The Morgan fingerprint density at radius 3 is 2.85 bits per heavy atom. The number of hydrogen-bond acceptors (Lipinski definition) is 3. The Hall–Kier alpha value is -1.10. The fourth-order valence-electron chi connectivity index (χ4n) is 1.06. The van der Waals surface area contributed by atoms with Crippen molar-refractivity contribution in [1.82, 2.24) is 0 Å². The number of allylic oxidation sites excluding steroid dienone is 3. The molecule has 1 aliphatic heterocycles. The van der Waals surface area contributed by atoms with Crippen LogP contribution in [0.5, 0.6) is 0 Å². The van der Waals surface area contributed by atoms with E-state index in [2.05, 4.69) is 9.47 Å². The first-order valence-corrected chi connectivity index (χ1v) is 3.75. The van der Waals surface area contributed by atoms with Gasteiger partial charge in [0.05, 0.1) is 11.5 Å². The maximum absolute atomic E-state index is 12.4. The van der Waals surface area contributed by atoms with Crippen LogP contribution in [-0.4, -0.2) is 12.1 Å². The first kappa shape index (κ1) is 8.50. The monoisotopic (exact) mass is 208 g/mol. The highest BCUT2D eigenvalue weighted by Crippen LogP contribution is 2.39. The predicted octanol–water partition coefficient (Wildman–Crippen LogP) is 1.89. The van der Waals surface area contributed by atoms with Gasteiger partial charge in [-0.25, -0.2) is 0 Å². The second-order valence-electron chi connectivity index (χ2n) is 2.55. The third-order valence-electron chi connectivity index (χ3n) is 1.59. The van der Waals surface area contributed by atoms with E-state index >= 15 is 0 Å². The molecule has 2 rings (SSSR count). The summed E-state index contributed by atoms with van der Waals surface area (Å²) in [5.41, 5.74) is 0. The largest absolute Gasteiger partial charge is 0.585 e. The molecule has 0 aromatic carbocycles. The van der Waals surface area contributed by atoms with E-state index in [-0.39, 0.29) is 23.0 Å². The minimum Gasteiger partial charge on any atom is -0.399 e. The lowest BCUT2D eigenvalue weighted by molar-refractivity contribution is -0.336. The molecule has 2 aliphatic rings. The molecule has 1 aliphatic carbocycles. The van der Waals surface area contributed by atoms with Gasteiger partial charge in [-0.15, -0.1) is 8.78 Å². The molecule has 0 saturated heterocycles. The Bertz CT molecular complexity index is 346. The third-order valence-corrected chi connectivity index (χ3v) is 1.91. The highest BCUT2D eigenvalue weighted by Gasteiger charge is 2.46. The molecule has 70 valence electrons. The Balaban J connectivity index is 2.31. The number of Topliss-reactive ketones (excluding diaryl/α,β-unsaturated/α-hetero) is 1. The van der Waals surface area contributed by atoms with Crippen molar-refractivity contribution in [2.75, 3.05) is 0 Å². The number of carbonyl (C=O) groups excluding carboxylic acids is 1. The van der Waals surface area contributed by atoms with E-state index in [1.54, 1.807) is 0 Å². The minimum atomic E-state index is -3.68. The first-order valence-electron chi connectivity index (χ1n) is 3.37. The van der Waals surface area contributed by atoms with E-state index in [1.165, 1.54) is 0 Å². The van der Waals surface area contributed by atoms with Crippen LogP contribution < -0.4 is 0 Å². The number of rotatable bonds is 0. The number of hydrogen-bond donors (Lipinski definition) is 0. The molecule has 0 atom stereocenters. The van der Waals surface area contributed by atoms with Gasteiger partial charge in [0.1, 0.15) is 0 Å². The quantitative estimate of drug-likeness (QED) is 0.610. The van der Waals surface area contributed by atoms with E-state index in [1.807, 2.05) is 0 Å². The number of halogens is 3. The van der Waals surface area contributed by atoms with Crippen molar-refractivity contribution in [3.8, 4) is 0 Å². The van der Waals surface area contributed by atoms with Crippen molar-refractivity contribution in [3.63, 3.8) is 0 Å². The van der Waals surface area contributed by atoms with Gasteiger partial charge in [-0.3, -0.25) is 4.79 Å². The number of carbonyl (C=O) groups is 1. The van der Waals surface area contributed by atoms with Gasteiger partial charge in [-0.2, -0.15) is 0 Å². The highest BCUT2D eigenvalue weighted by atomic mass is 35.5. The lowest BCUT2D eigenvalue weighted by Gasteiger charge is -2.06. The van der Waals surface area contributed by atoms with Crippen LogP contribution >= 0.6 is 11.6 Å². The van der Waals surface area contributed by atoms with Crippen LogP contribution in [0.25, 0.3) is 0 Å². The molecule has 0 aromatic heterocycles. The number of ketones is 1. The molecule has 0 N–H and O–H groups in total. The van der Waals surface area contributed by atoms with Crippen molar-refractivity contribution < 1.29 is 23.0 Å². The smallest absolute Gasteiger partial charge is 0.399 e. The summed E-state index contributed by atoms with van der Waals surface area (Å²) >= 11 is 5.42. The van der Waals surface area contributed by atoms with Crippen LogP contribution in [0, 0.1) is 0 Å². The van der Waals surface area contributed by atoms with Crippen molar-refractivity contribution in [1.29, 1.82) is 0 Å². The predicted molar refractivity (Wildman–Crippen MR) is 37.7 cm³/mol. The molecule has 0 unspecified atom stereocenters. The molecule has 0 radical (unpaired) electrons. The summed E-state index contributed by atoms with van der Waals surface area (Å²) in [5.74, 6) is -0.796. The molecule has 13 heavy (non-hydrogen) atoms. The Morgan fingerprint density at radius 2 is 2.15 bits per heavy atom. The van der Waals surface area contributed by atoms with Gasteiger partial charge in [0, 0.05) is 6.08 Å². The highest BCUT2D eigenvalue weighted by molar-refractivity contribution is 6.43. The average Bonchev–Trinajstić information content (AvgIpc) is 2.24. The molecule has 1 heterocycles. The maximum atomic E-state index is 12.4. The van der Waals surface area contributed by atoms with Crippen molar-refractivity contribution in [2.45, 2.75) is 12.7 Å². The van der Waals surface area contributed by atoms with E-state index in [0.717, 1.165) is 6.08 Å². The van der Waals surface area contributed by atoms with Gasteiger partial charge >= 0.3 is 6.29 Å². The van der Waals surface area contributed by atoms with E-state index in [9.17, 15) is 13.6 Å². The molecule has 0 fully saturated rings. The van der Waals surface area contributed by atoms with Crippen LogP contribution in [0.1, 0.15) is 6.42 Å². The topological polar surface area (TPSA) is 35.5 Å². The lowest BCUT2D eigenvalue weighted by Crippen LogP contribution is -2.16. The SMILES string of the molecule is O=C1CC2=C(C=C1Cl)OC(F)(F)O2. The lowest BCUT2D eigenvalue weighted by atomic mass is 10.1.